The van der Waals surface area contributed by atoms with Gasteiger partial charge in [-0.3, -0.25) is 9.59 Å². The third kappa shape index (κ3) is 4.15. The van der Waals surface area contributed by atoms with Crippen molar-refractivity contribution in [3.63, 3.8) is 0 Å². The molecule has 2 aliphatic heterocycles. The van der Waals surface area contributed by atoms with Crippen molar-refractivity contribution in [1.82, 2.24) is 4.90 Å². The van der Waals surface area contributed by atoms with Gasteiger partial charge in [-0.2, -0.15) is 0 Å². The first-order chi connectivity index (χ1) is 15.4. The molecule has 1 amide bonds. The highest BCUT2D eigenvalue weighted by molar-refractivity contribution is 6.46. The predicted octanol–water partition coefficient (Wildman–Crippen LogP) is 4.30. The summed E-state index contributed by atoms with van der Waals surface area (Å²) < 4.78 is 11.3. The maximum Gasteiger partial charge on any atom is 0.295 e. The number of carbonyl (C=O) groups is 2. The monoisotopic (exact) mass is 435 g/mol. The second kappa shape index (κ2) is 9.17. The topological polar surface area (TPSA) is 76.1 Å². The fourth-order valence-corrected chi connectivity index (χ4v) is 4.53. The van der Waals surface area contributed by atoms with Crippen molar-refractivity contribution in [2.45, 2.75) is 45.8 Å². The molecule has 6 nitrogen and oxygen atoms in total. The summed E-state index contributed by atoms with van der Waals surface area (Å²) in [5.74, 6) is -0.719. The zero-order valence-electron chi connectivity index (χ0n) is 18.8. The second-order valence-electron chi connectivity index (χ2n) is 8.41. The summed E-state index contributed by atoms with van der Waals surface area (Å²) in [6.07, 6.45) is 1.69. The van der Waals surface area contributed by atoms with Gasteiger partial charge in [0.05, 0.1) is 24.3 Å². The van der Waals surface area contributed by atoms with Crippen LogP contribution in [0.1, 0.15) is 48.1 Å². The van der Waals surface area contributed by atoms with Crippen LogP contribution in [0.5, 0.6) is 5.75 Å². The van der Waals surface area contributed by atoms with Gasteiger partial charge in [0.25, 0.3) is 11.7 Å². The van der Waals surface area contributed by atoms with Gasteiger partial charge in [-0.1, -0.05) is 29.8 Å². The summed E-state index contributed by atoms with van der Waals surface area (Å²) in [5, 5.41) is 11.2. The lowest BCUT2D eigenvalue weighted by molar-refractivity contribution is -0.140. The number of carbonyl (C=O) groups excluding carboxylic acids is 2. The molecule has 2 aliphatic rings. The molecule has 0 radical (unpaired) electrons. The molecule has 0 aromatic heterocycles. The summed E-state index contributed by atoms with van der Waals surface area (Å²) in [5.41, 5.74) is 3.26. The van der Waals surface area contributed by atoms with E-state index in [0.717, 1.165) is 35.3 Å². The predicted molar refractivity (Wildman–Crippen MR) is 122 cm³/mol. The number of aliphatic hydroxyl groups excluding tert-OH is 1. The Morgan fingerprint density at radius 3 is 2.66 bits per heavy atom. The van der Waals surface area contributed by atoms with Crippen molar-refractivity contribution < 1.29 is 24.2 Å². The van der Waals surface area contributed by atoms with Crippen LogP contribution in [-0.4, -0.2) is 47.6 Å². The van der Waals surface area contributed by atoms with E-state index in [1.165, 1.54) is 0 Å². The maximum absolute atomic E-state index is 13.2. The average Bonchev–Trinajstić information content (AvgIpc) is 3.37. The number of amides is 1. The largest absolute Gasteiger partial charge is 0.507 e. The third-order valence-electron chi connectivity index (χ3n) is 6.07. The van der Waals surface area contributed by atoms with Crippen LogP contribution in [0, 0.1) is 13.8 Å². The van der Waals surface area contributed by atoms with E-state index in [4.69, 9.17) is 9.47 Å². The number of ketones is 1. The number of nitrogens with zero attached hydrogens (tertiary/aromatic N) is 1. The van der Waals surface area contributed by atoms with Crippen LogP contribution in [-0.2, 0) is 14.3 Å². The van der Waals surface area contributed by atoms with E-state index in [9.17, 15) is 14.7 Å². The van der Waals surface area contributed by atoms with Gasteiger partial charge in [-0.25, -0.2) is 0 Å². The van der Waals surface area contributed by atoms with E-state index in [0.29, 0.717) is 25.3 Å². The van der Waals surface area contributed by atoms with Gasteiger partial charge in [0, 0.05) is 18.7 Å². The van der Waals surface area contributed by atoms with E-state index in [-0.39, 0.29) is 17.4 Å². The van der Waals surface area contributed by atoms with Gasteiger partial charge in [0.2, 0.25) is 0 Å². The zero-order valence-corrected chi connectivity index (χ0v) is 18.8. The molecule has 0 saturated carbocycles. The molecule has 2 fully saturated rings. The normalized spacial score (nSPS) is 22.5. The van der Waals surface area contributed by atoms with Gasteiger partial charge in [0.1, 0.15) is 11.5 Å². The molecule has 0 bridgehead atoms. The lowest BCUT2D eigenvalue weighted by Gasteiger charge is -2.27. The summed E-state index contributed by atoms with van der Waals surface area (Å²) in [6.45, 7) is 7.28. The first-order valence-corrected chi connectivity index (χ1v) is 11.1. The Morgan fingerprint density at radius 1 is 1.19 bits per heavy atom. The van der Waals surface area contributed by atoms with Gasteiger partial charge >= 0.3 is 0 Å². The number of Topliss-reactive ketones (excluding diaryl/α,β-unsaturated/α-hetero) is 1. The summed E-state index contributed by atoms with van der Waals surface area (Å²) in [7, 11) is 0. The summed E-state index contributed by atoms with van der Waals surface area (Å²) >= 11 is 0. The Labute approximate surface area is 188 Å². The Balaban J connectivity index is 1.81. The van der Waals surface area contributed by atoms with Crippen molar-refractivity contribution in [1.29, 1.82) is 0 Å². The molecule has 4 rings (SSSR count). The highest BCUT2D eigenvalue weighted by Gasteiger charge is 2.47. The minimum absolute atomic E-state index is 0.103. The molecule has 6 heteroatoms. The van der Waals surface area contributed by atoms with Gasteiger partial charge in [0.15, 0.2) is 0 Å². The van der Waals surface area contributed by atoms with Crippen LogP contribution in [0.25, 0.3) is 5.76 Å². The molecule has 0 spiro atoms. The Hall–Kier alpha value is -3.12. The SMILES string of the molecule is CCOc1ccc(/C(O)=C2/C(=O)C(=O)N(CC3CCCO3)C2c2cccc(C)c2)cc1C. The van der Waals surface area contributed by atoms with E-state index < -0.39 is 17.7 Å². The quantitative estimate of drug-likeness (QED) is 0.416. The van der Waals surface area contributed by atoms with Crippen LogP contribution in [0.2, 0.25) is 0 Å². The molecule has 2 saturated heterocycles. The van der Waals surface area contributed by atoms with Gasteiger partial charge in [-0.05, 0) is 62.9 Å². The maximum atomic E-state index is 13.2. The smallest absolute Gasteiger partial charge is 0.295 e. The van der Waals surface area contributed by atoms with Crippen LogP contribution < -0.4 is 4.74 Å². The standard InChI is InChI=1S/C26H29NO5/c1-4-31-21-11-10-19(14-17(21)3)24(28)22-23(18-8-5-7-16(2)13-18)27(26(30)25(22)29)15-20-9-6-12-32-20/h5,7-8,10-11,13-14,20,23,28H,4,6,9,12,15H2,1-3H3/b24-22-. The fourth-order valence-electron chi connectivity index (χ4n) is 4.53. The highest BCUT2D eigenvalue weighted by atomic mass is 16.5. The second-order valence-corrected chi connectivity index (χ2v) is 8.41. The Bertz CT molecular complexity index is 1070. The Morgan fingerprint density at radius 2 is 2.00 bits per heavy atom. The number of hydrogen-bond acceptors (Lipinski definition) is 5. The Kier molecular flexibility index (Phi) is 6.33. The van der Waals surface area contributed by atoms with Gasteiger partial charge in [-0.15, -0.1) is 0 Å². The van der Waals surface area contributed by atoms with Crippen LogP contribution in [0.15, 0.2) is 48.0 Å². The lowest BCUT2D eigenvalue weighted by atomic mass is 9.94. The molecular formula is C26H29NO5. The third-order valence-corrected chi connectivity index (χ3v) is 6.07. The molecule has 2 aromatic carbocycles. The minimum atomic E-state index is -0.668. The first-order valence-electron chi connectivity index (χ1n) is 11.1. The molecular weight excluding hydrogens is 406 g/mol. The fraction of sp³-hybridized carbons (Fsp3) is 0.385. The minimum Gasteiger partial charge on any atom is -0.507 e. The van der Waals surface area contributed by atoms with E-state index in [1.54, 1.807) is 23.1 Å². The molecule has 2 aromatic rings. The van der Waals surface area contributed by atoms with E-state index >= 15 is 0 Å². The number of aliphatic hydroxyl groups is 1. The number of aryl methyl sites for hydroxylation is 2. The molecule has 2 heterocycles. The number of ether oxygens (including phenoxy) is 2. The van der Waals surface area contributed by atoms with Crippen LogP contribution >= 0.6 is 0 Å². The zero-order chi connectivity index (χ0) is 22.8. The summed E-state index contributed by atoms with van der Waals surface area (Å²) in [4.78, 5) is 27.8. The van der Waals surface area contributed by atoms with Crippen molar-refractivity contribution in [2.75, 3.05) is 19.8 Å². The molecule has 2 unspecified atom stereocenters. The van der Waals surface area contributed by atoms with Crippen molar-refractivity contribution in [3.05, 3.63) is 70.3 Å². The highest BCUT2D eigenvalue weighted by Crippen LogP contribution is 2.40. The van der Waals surface area contributed by atoms with Crippen LogP contribution in [0.4, 0.5) is 0 Å². The van der Waals surface area contributed by atoms with Crippen molar-refractivity contribution in [3.8, 4) is 5.75 Å². The van der Waals surface area contributed by atoms with Crippen molar-refractivity contribution >= 4 is 17.4 Å². The number of likely N-dealkylation sites (tertiary alicyclic amines) is 1. The number of benzene rings is 2. The van der Waals surface area contributed by atoms with Crippen molar-refractivity contribution in [2.24, 2.45) is 0 Å². The first kappa shape index (κ1) is 22.1. The number of hydrogen-bond donors (Lipinski definition) is 1. The van der Waals surface area contributed by atoms with Gasteiger partial charge < -0.3 is 19.5 Å². The van der Waals surface area contributed by atoms with E-state index in [2.05, 4.69) is 0 Å². The van der Waals surface area contributed by atoms with E-state index in [1.807, 2.05) is 45.0 Å². The molecule has 0 aliphatic carbocycles. The molecule has 1 N–H and O–H groups in total. The summed E-state index contributed by atoms with van der Waals surface area (Å²) in [6, 6.07) is 12.3. The average molecular weight is 436 g/mol. The molecule has 168 valence electrons. The number of rotatable bonds is 6. The lowest BCUT2D eigenvalue weighted by Crippen LogP contribution is -2.36. The van der Waals surface area contributed by atoms with Crippen LogP contribution in [0.3, 0.4) is 0 Å². The molecule has 2 atom stereocenters. The molecule has 32 heavy (non-hydrogen) atoms.